The lowest BCUT2D eigenvalue weighted by atomic mass is 10.2. The summed E-state index contributed by atoms with van der Waals surface area (Å²) in [5.74, 6) is -0.337. The predicted molar refractivity (Wildman–Crippen MR) is 72.2 cm³/mol. The zero-order valence-corrected chi connectivity index (χ0v) is 11.9. The van der Waals surface area contributed by atoms with E-state index in [0.29, 0.717) is 32.7 Å². The van der Waals surface area contributed by atoms with E-state index in [1.54, 1.807) is 21.7 Å². The number of rotatable bonds is 4. The molecule has 7 nitrogen and oxygen atoms in total. The Morgan fingerprint density at radius 2 is 1.85 bits per heavy atom. The molecule has 1 fully saturated rings. The average Bonchev–Trinajstić information content (AvgIpc) is 2.44. The highest BCUT2D eigenvalue weighted by Crippen LogP contribution is 2.08. The van der Waals surface area contributed by atoms with Gasteiger partial charge in [-0.05, 0) is 0 Å². The number of aliphatic hydroxyl groups is 1. The number of carbonyl (C=O) groups excluding carboxylic acids is 2. The van der Waals surface area contributed by atoms with Crippen LogP contribution < -0.4 is 0 Å². The molecule has 0 unspecified atom stereocenters. The van der Waals surface area contributed by atoms with E-state index >= 15 is 0 Å². The number of likely N-dealkylation sites (N-methyl/N-ethyl adjacent to an activating group) is 1. The first kappa shape index (κ1) is 16.0. The van der Waals surface area contributed by atoms with Crippen LogP contribution in [-0.2, 0) is 9.59 Å². The summed E-state index contributed by atoms with van der Waals surface area (Å²) in [6.07, 6.45) is 1.44. The van der Waals surface area contributed by atoms with Crippen molar-refractivity contribution in [2.45, 2.75) is 6.92 Å². The second-order valence-corrected chi connectivity index (χ2v) is 4.66. The second kappa shape index (κ2) is 7.50. The SMILES string of the molecule is CC(=O)N1CCN(C(=O)/C(C#N)=C\N(C)CCO)CC1. The molecule has 20 heavy (non-hydrogen) atoms. The van der Waals surface area contributed by atoms with Gasteiger partial charge in [0.25, 0.3) is 5.91 Å². The molecule has 1 heterocycles. The van der Waals surface area contributed by atoms with E-state index in [4.69, 9.17) is 10.4 Å². The Morgan fingerprint density at radius 1 is 1.30 bits per heavy atom. The zero-order chi connectivity index (χ0) is 15.1. The Balaban J connectivity index is 2.65. The van der Waals surface area contributed by atoms with Gasteiger partial charge in [-0.15, -0.1) is 0 Å². The lowest BCUT2D eigenvalue weighted by Crippen LogP contribution is -2.50. The van der Waals surface area contributed by atoms with Crippen molar-refractivity contribution in [1.29, 1.82) is 5.26 Å². The highest BCUT2D eigenvalue weighted by Gasteiger charge is 2.24. The summed E-state index contributed by atoms with van der Waals surface area (Å²) in [6.45, 7) is 3.66. The third-order valence-corrected chi connectivity index (χ3v) is 3.17. The standard InChI is InChI=1S/C13H20N4O3/c1-11(19)16-3-5-17(6-4-16)13(20)12(9-14)10-15(2)7-8-18/h10,18H,3-8H2,1-2H3/b12-10-. The molecular weight excluding hydrogens is 260 g/mol. The summed E-state index contributed by atoms with van der Waals surface area (Å²) < 4.78 is 0. The molecule has 0 spiro atoms. The van der Waals surface area contributed by atoms with Gasteiger partial charge in [-0.2, -0.15) is 5.26 Å². The third-order valence-electron chi connectivity index (χ3n) is 3.17. The number of aliphatic hydroxyl groups excluding tert-OH is 1. The molecule has 0 radical (unpaired) electrons. The Labute approximate surface area is 118 Å². The van der Waals surface area contributed by atoms with Gasteiger partial charge in [0.1, 0.15) is 11.6 Å². The first-order valence-corrected chi connectivity index (χ1v) is 6.47. The maximum absolute atomic E-state index is 12.2. The van der Waals surface area contributed by atoms with Crippen molar-refractivity contribution in [2.24, 2.45) is 0 Å². The molecule has 0 aromatic carbocycles. The van der Waals surface area contributed by atoms with Crippen LogP contribution >= 0.6 is 0 Å². The van der Waals surface area contributed by atoms with Crippen molar-refractivity contribution >= 4 is 11.8 Å². The minimum atomic E-state index is -0.333. The summed E-state index contributed by atoms with van der Waals surface area (Å²) in [4.78, 5) is 28.2. The predicted octanol–water partition coefficient (Wildman–Crippen LogP) is -0.991. The number of nitrogens with zero attached hydrogens (tertiary/aromatic N) is 4. The lowest BCUT2D eigenvalue weighted by molar-refractivity contribution is -0.136. The van der Waals surface area contributed by atoms with Crippen LogP contribution in [0.3, 0.4) is 0 Å². The van der Waals surface area contributed by atoms with Gasteiger partial charge < -0.3 is 19.8 Å². The minimum Gasteiger partial charge on any atom is -0.395 e. The molecule has 7 heteroatoms. The van der Waals surface area contributed by atoms with Crippen LogP contribution in [0.25, 0.3) is 0 Å². The molecule has 2 amide bonds. The first-order valence-electron chi connectivity index (χ1n) is 6.47. The third kappa shape index (κ3) is 4.24. The number of amides is 2. The van der Waals surface area contributed by atoms with Crippen molar-refractivity contribution in [3.8, 4) is 6.07 Å². The molecule has 1 aliphatic heterocycles. The van der Waals surface area contributed by atoms with E-state index in [-0.39, 0.29) is 24.0 Å². The van der Waals surface area contributed by atoms with Crippen LogP contribution in [-0.4, -0.2) is 78.0 Å². The highest BCUT2D eigenvalue weighted by molar-refractivity contribution is 5.97. The molecule has 1 saturated heterocycles. The van der Waals surface area contributed by atoms with Crippen LogP contribution in [0.4, 0.5) is 0 Å². The van der Waals surface area contributed by atoms with E-state index in [2.05, 4.69) is 0 Å². The van der Waals surface area contributed by atoms with Crippen molar-refractivity contribution in [1.82, 2.24) is 14.7 Å². The Bertz CT molecular complexity index is 433. The maximum Gasteiger partial charge on any atom is 0.266 e. The van der Waals surface area contributed by atoms with Crippen molar-refractivity contribution in [2.75, 3.05) is 46.4 Å². The van der Waals surface area contributed by atoms with Crippen molar-refractivity contribution in [3.63, 3.8) is 0 Å². The molecular formula is C13H20N4O3. The molecule has 0 aliphatic carbocycles. The topological polar surface area (TPSA) is 87.9 Å². The normalized spacial score (nSPS) is 15.8. The van der Waals surface area contributed by atoms with E-state index in [0.717, 1.165) is 0 Å². The number of nitriles is 1. The summed E-state index contributed by atoms with van der Waals surface area (Å²) in [5.41, 5.74) is 0.0391. The Morgan fingerprint density at radius 3 is 2.30 bits per heavy atom. The van der Waals surface area contributed by atoms with Gasteiger partial charge >= 0.3 is 0 Å². The smallest absolute Gasteiger partial charge is 0.266 e. The van der Waals surface area contributed by atoms with Gasteiger partial charge in [0.05, 0.1) is 6.61 Å². The monoisotopic (exact) mass is 280 g/mol. The fraction of sp³-hybridized carbons (Fsp3) is 0.615. The molecule has 1 N–H and O–H groups in total. The molecule has 0 atom stereocenters. The largest absolute Gasteiger partial charge is 0.395 e. The maximum atomic E-state index is 12.2. The molecule has 1 aliphatic rings. The Kier molecular flexibility index (Phi) is 6.00. The van der Waals surface area contributed by atoms with Gasteiger partial charge in [0, 0.05) is 52.9 Å². The van der Waals surface area contributed by atoms with E-state index in [9.17, 15) is 9.59 Å². The lowest BCUT2D eigenvalue weighted by Gasteiger charge is -2.34. The summed E-state index contributed by atoms with van der Waals surface area (Å²) >= 11 is 0. The summed E-state index contributed by atoms with van der Waals surface area (Å²) in [5, 5.41) is 17.9. The quantitative estimate of drug-likeness (QED) is 0.527. The van der Waals surface area contributed by atoms with Gasteiger partial charge in [0.15, 0.2) is 0 Å². The number of hydrogen-bond acceptors (Lipinski definition) is 5. The summed E-state index contributed by atoms with van der Waals surface area (Å²) in [7, 11) is 1.69. The van der Waals surface area contributed by atoms with E-state index < -0.39 is 0 Å². The second-order valence-electron chi connectivity index (χ2n) is 4.66. The molecule has 0 aromatic rings. The first-order chi connectivity index (χ1) is 9.49. The molecule has 0 saturated carbocycles. The van der Waals surface area contributed by atoms with Crippen molar-refractivity contribution in [3.05, 3.63) is 11.8 Å². The highest BCUT2D eigenvalue weighted by atomic mass is 16.3. The van der Waals surface area contributed by atoms with E-state index in [1.807, 2.05) is 6.07 Å². The number of hydrogen-bond donors (Lipinski definition) is 1. The summed E-state index contributed by atoms with van der Waals surface area (Å²) in [6, 6.07) is 1.89. The van der Waals surface area contributed by atoms with Gasteiger partial charge in [-0.1, -0.05) is 0 Å². The van der Waals surface area contributed by atoms with Gasteiger partial charge in [-0.25, -0.2) is 0 Å². The fourth-order valence-corrected chi connectivity index (χ4v) is 1.97. The van der Waals surface area contributed by atoms with E-state index in [1.165, 1.54) is 13.1 Å². The Hall–Kier alpha value is -2.07. The van der Waals surface area contributed by atoms with Crippen molar-refractivity contribution < 1.29 is 14.7 Å². The zero-order valence-electron chi connectivity index (χ0n) is 11.9. The van der Waals surface area contributed by atoms with Gasteiger partial charge in [0.2, 0.25) is 5.91 Å². The molecule has 1 rings (SSSR count). The fourth-order valence-electron chi connectivity index (χ4n) is 1.97. The van der Waals surface area contributed by atoms with Crippen LogP contribution in [0.1, 0.15) is 6.92 Å². The molecule has 0 bridgehead atoms. The number of carbonyl (C=O) groups is 2. The number of piperazine rings is 1. The van der Waals surface area contributed by atoms with Crippen LogP contribution in [0, 0.1) is 11.3 Å². The van der Waals surface area contributed by atoms with Crippen LogP contribution in [0.2, 0.25) is 0 Å². The molecule has 110 valence electrons. The molecule has 0 aromatic heterocycles. The van der Waals surface area contributed by atoms with Crippen LogP contribution in [0.5, 0.6) is 0 Å². The minimum absolute atomic E-state index is 0.00386. The average molecular weight is 280 g/mol. The van der Waals surface area contributed by atoms with Crippen LogP contribution in [0.15, 0.2) is 11.8 Å². The van der Waals surface area contributed by atoms with Gasteiger partial charge in [-0.3, -0.25) is 9.59 Å².